The molecule has 1 aliphatic rings. The highest BCUT2D eigenvalue weighted by Gasteiger charge is 2.42. The Labute approximate surface area is 143 Å². The summed E-state index contributed by atoms with van der Waals surface area (Å²) in [5, 5.41) is 9.45. The number of amides is 1. The monoisotopic (exact) mass is 334 g/mol. The number of carbonyl (C=O) groups excluding carboxylic acids is 1. The second-order valence-electron chi connectivity index (χ2n) is 7.28. The lowest BCUT2D eigenvalue weighted by Crippen LogP contribution is -2.43. The molecule has 6 heteroatoms. The molecule has 2 rings (SSSR count). The fraction of sp³-hybridized carbons (Fsp3) is 0.556. The molecule has 0 saturated carbocycles. The van der Waals surface area contributed by atoms with E-state index in [1.807, 2.05) is 37.4 Å². The largest absolute Gasteiger partial charge is 0.480 e. The van der Waals surface area contributed by atoms with Crippen LogP contribution in [0.3, 0.4) is 0 Å². The molecule has 1 heterocycles. The Bertz CT molecular complexity index is 582. The first-order valence-corrected chi connectivity index (χ1v) is 8.14. The Balaban J connectivity index is 2.06. The first-order valence-electron chi connectivity index (χ1n) is 8.14. The van der Waals surface area contributed by atoms with Crippen LogP contribution in [-0.2, 0) is 16.1 Å². The standard InChI is InChI=1S/C18H26N2O4/c1-18(2,3)24-17(23)20-12-14(10-15(20)16(21)22)19(4)11-13-8-6-5-7-9-13/h5-9,14-15H,10-12H2,1-4H3,(H,21,22)/t14-,15+/m1/s1. The van der Waals surface area contributed by atoms with Gasteiger partial charge in [-0.05, 0) is 39.8 Å². The number of benzene rings is 1. The van der Waals surface area contributed by atoms with Crippen molar-refractivity contribution in [2.45, 2.75) is 51.4 Å². The molecular weight excluding hydrogens is 308 g/mol. The van der Waals surface area contributed by atoms with Gasteiger partial charge in [-0.25, -0.2) is 9.59 Å². The molecule has 132 valence electrons. The number of likely N-dealkylation sites (tertiary alicyclic amines) is 1. The molecule has 1 aliphatic heterocycles. The molecule has 0 unspecified atom stereocenters. The molecule has 0 aliphatic carbocycles. The number of nitrogens with zero attached hydrogens (tertiary/aromatic N) is 2. The van der Waals surface area contributed by atoms with Gasteiger partial charge in [0.2, 0.25) is 0 Å². The Morgan fingerprint density at radius 1 is 1.29 bits per heavy atom. The summed E-state index contributed by atoms with van der Waals surface area (Å²) < 4.78 is 5.35. The zero-order valence-corrected chi connectivity index (χ0v) is 14.7. The van der Waals surface area contributed by atoms with E-state index < -0.39 is 23.7 Å². The lowest BCUT2D eigenvalue weighted by Gasteiger charge is -2.27. The van der Waals surface area contributed by atoms with Crippen LogP contribution in [0.25, 0.3) is 0 Å². The second kappa shape index (κ2) is 7.21. The van der Waals surface area contributed by atoms with Gasteiger partial charge in [-0.3, -0.25) is 9.80 Å². The quantitative estimate of drug-likeness (QED) is 0.916. The topological polar surface area (TPSA) is 70.1 Å². The van der Waals surface area contributed by atoms with Crippen molar-refractivity contribution in [3.05, 3.63) is 35.9 Å². The Kier molecular flexibility index (Phi) is 5.49. The molecule has 1 fully saturated rings. The van der Waals surface area contributed by atoms with Crippen molar-refractivity contribution >= 4 is 12.1 Å². The molecule has 1 amide bonds. The molecule has 2 atom stereocenters. The molecule has 0 radical (unpaired) electrons. The van der Waals surface area contributed by atoms with Crippen LogP contribution in [-0.4, -0.2) is 58.2 Å². The summed E-state index contributed by atoms with van der Waals surface area (Å²) in [5.41, 5.74) is 0.510. The molecular formula is C18H26N2O4. The predicted molar refractivity (Wildman–Crippen MR) is 90.7 cm³/mol. The number of hydrogen-bond acceptors (Lipinski definition) is 4. The van der Waals surface area contributed by atoms with Gasteiger partial charge in [0.25, 0.3) is 0 Å². The van der Waals surface area contributed by atoms with E-state index in [9.17, 15) is 14.7 Å². The van der Waals surface area contributed by atoms with Gasteiger partial charge in [-0.15, -0.1) is 0 Å². The number of likely N-dealkylation sites (N-methyl/N-ethyl adjacent to an activating group) is 1. The maximum atomic E-state index is 12.3. The Morgan fingerprint density at radius 2 is 1.92 bits per heavy atom. The van der Waals surface area contributed by atoms with Crippen LogP contribution in [0.2, 0.25) is 0 Å². The van der Waals surface area contributed by atoms with Gasteiger partial charge >= 0.3 is 12.1 Å². The molecule has 0 aromatic heterocycles. The summed E-state index contributed by atoms with van der Waals surface area (Å²) in [4.78, 5) is 27.3. The average molecular weight is 334 g/mol. The summed E-state index contributed by atoms with van der Waals surface area (Å²) in [6, 6.07) is 9.12. The third kappa shape index (κ3) is 4.71. The van der Waals surface area contributed by atoms with E-state index in [2.05, 4.69) is 4.90 Å². The van der Waals surface area contributed by atoms with Gasteiger partial charge in [0, 0.05) is 19.1 Å². The number of ether oxygens (including phenoxy) is 1. The zero-order valence-electron chi connectivity index (χ0n) is 14.7. The zero-order chi connectivity index (χ0) is 17.9. The number of carbonyl (C=O) groups is 2. The van der Waals surface area contributed by atoms with Gasteiger partial charge in [0.05, 0.1) is 0 Å². The van der Waals surface area contributed by atoms with Crippen molar-refractivity contribution in [1.82, 2.24) is 9.80 Å². The number of rotatable bonds is 4. The van der Waals surface area contributed by atoms with Crippen LogP contribution >= 0.6 is 0 Å². The Hall–Kier alpha value is -2.08. The summed E-state index contributed by atoms with van der Waals surface area (Å²) in [5.74, 6) is -0.989. The molecule has 1 saturated heterocycles. The van der Waals surface area contributed by atoms with Crippen LogP contribution in [0, 0.1) is 0 Å². The van der Waals surface area contributed by atoms with E-state index in [1.54, 1.807) is 20.8 Å². The minimum Gasteiger partial charge on any atom is -0.480 e. The van der Waals surface area contributed by atoms with Crippen molar-refractivity contribution in [2.24, 2.45) is 0 Å². The second-order valence-corrected chi connectivity index (χ2v) is 7.28. The van der Waals surface area contributed by atoms with E-state index in [-0.39, 0.29) is 6.04 Å². The van der Waals surface area contributed by atoms with Crippen LogP contribution < -0.4 is 0 Å². The maximum Gasteiger partial charge on any atom is 0.411 e. The Morgan fingerprint density at radius 3 is 2.46 bits per heavy atom. The summed E-state index contributed by atoms with van der Waals surface area (Å²) >= 11 is 0. The summed E-state index contributed by atoms with van der Waals surface area (Å²) in [6.45, 7) is 6.39. The number of carboxylic acid groups (broad SMARTS) is 1. The number of hydrogen-bond donors (Lipinski definition) is 1. The fourth-order valence-electron chi connectivity index (χ4n) is 2.89. The van der Waals surface area contributed by atoms with Crippen LogP contribution in [0.5, 0.6) is 0 Å². The van der Waals surface area contributed by atoms with Crippen molar-refractivity contribution in [2.75, 3.05) is 13.6 Å². The average Bonchev–Trinajstić information content (AvgIpc) is 2.92. The van der Waals surface area contributed by atoms with Gasteiger partial charge < -0.3 is 9.84 Å². The molecule has 1 N–H and O–H groups in total. The van der Waals surface area contributed by atoms with E-state index in [1.165, 1.54) is 4.90 Å². The van der Waals surface area contributed by atoms with Crippen LogP contribution in [0.1, 0.15) is 32.8 Å². The van der Waals surface area contributed by atoms with Crippen molar-refractivity contribution in [3.63, 3.8) is 0 Å². The summed E-state index contributed by atoms with van der Waals surface area (Å²) in [7, 11) is 1.95. The van der Waals surface area contributed by atoms with Crippen molar-refractivity contribution < 1.29 is 19.4 Å². The fourth-order valence-corrected chi connectivity index (χ4v) is 2.89. The SMILES string of the molecule is CN(Cc1ccccc1)[C@@H]1C[C@@H](C(=O)O)N(C(=O)OC(C)(C)C)C1. The van der Waals surface area contributed by atoms with Gasteiger partial charge in [0.15, 0.2) is 0 Å². The minimum absolute atomic E-state index is 0.0150. The van der Waals surface area contributed by atoms with E-state index in [0.717, 1.165) is 5.56 Å². The molecule has 24 heavy (non-hydrogen) atoms. The van der Waals surface area contributed by atoms with E-state index in [4.69, 9.17) is 4.74 Å². The predicted octanol–water partition coefficient (Wildman–Crippen LogP) is 2.58. The van der Waals surface area contributed by atoms with Crippen molar-refractivity contribution in [3.8, 4) is 0 Å². The molecule has 1 aromatic carbocycles. The summed E-state index contributed by atoms with van der Waals surface area (Å²) in [6.07, 6.45) is -0.164. The maximum absolute atomic E-state index is 12.3. The number of aliphatic carboxylic acids is 1. The minimum atomic E-state index is -0.989. The van der Waals surface area contributed by atoms with Crippen LogP contribution in [0.4, 0.5) is 4.79 Å². The van der Waals surface area contributed by atoms with Crippen molar-refractivity contribution in [1.29, 1.82) is 0 Å². The lowest BCUT2D eigenvalue weighted by atomic mass is 10.1. The smallest absolute Gasteiger partial charge is 0.411 e. The van der Waals surface area contributed by atoms with Gasteiger partial charge in [0.1, 0.15) is 11.6 Å². The molecule has 1 aromatic rings. The highest BCUT2D eigenvalue weighted by Crippen LogP contribution is 2.25. The highest BCUT2D eigenvalue weighted by molar-refractivity contribution is 5.81. The molecule has 0 spiro atoms. The lowest BCUT2D eigenvalue weighted by molar-refractivity contribution is -0.142. The first-order chi connectivity index (χ1) is 11.2. The van der Waals surface area contributed by atoms with E-state index in [0.29, 0.717) is 19.5 Å². The normalized spacial score (nSPS) is 21.1. The highest BCUT2D eigenvalue weighted by atomic mass is 16.6. The number of carboxylic acids is 1. The van der Waals surface area contributed by atoms with Crippen LogP contribution in [0.15, 0.2) is 30.3 Å². The third-order valence-electron chi connectivity index (χ3n) is 4.09. The van der Waals surface area contributed by atoms with Gasteiger partial charge in [-0.2, -0.15) is 0 Å². The van der Waals surface area contributed by atoms with E-state index >= 15 is 0 Å². The molecule has 0 bridgehead atoms. The first kappa shape index (κ1) is 18.3. The third-order valence-corrected chi connectivity index (χ3v) is 4.09. The molecule has 6 nitrogen and oxygen atoms in total. The van der Waals surface area contributed by atoms with Gasteiger partial charge in [-0.1, -0.05) is 30.3 Å².